The Kier molecular flexibility index (Phi) is 2.68. The number of hydrogen-bond donors (Lipinski definition) is 2. The molecule has 1 aliphatic heterocycles. The van der Waals surface area contributed by atoms with E-state index < -0.39 is 0 Å². The van der Waals surface area contributed by atoms with Gasteiger partial charge in [-0.05, 0) is 25.8 Å². The lowest BCUT2D eigenvalue weighted by atomic mass is 9.95. The zero-order valence-corrected chi connectivity index (χ0v) is 6.10. The van der Waals surface area contributed by atoms with Crippen LogP contribution in [0.1, 0.15) is 19.3 Å². The molecule has 0 aliphatic carbocycles. The normalized spacial score (nSPS) is 26.1. The lowest BCUT2D eigenvalue weighted by molar-refractivity contribution is -0.126. The van der Waals surface area contributed by atoms with E-state index in [2.05, 4.69) is 5.32 Å². The summed E-state index contributed by atoms with van der Waals surface area (Å²) in [6, 6.07) is 0. The second-order valence-corrected chi connectivity index (χ2v) is 2.71. The Morgan fingerprint density at radius 3 is 3.10 bits per heavy atom. The third kappa shape index (κ3) is 1.70. The van der Waals surface area contributed by atoms with Crippen molar-refractivity contribution in [3.05, 3.63) is 0 Å². The predicted molar refractivity (Wildman–Crippen MR) is 39.4 cm³/mol. The molecule has 0 saturated carbocycles. The fraction of sp³-hybridized carbons (Fsp3) is 0.857. The lowest BCUT2D eigenvalue weighted by Gasteiger charge is -2.20. The number of nitrogens with two attached hydrogens (primary N) is 1. The summed E-state index contributed by atoms with van der Waals surface area (Å²) >= 11 is 0. The molecule has 1 atom stereocenters. The summed E-state index contributed by atoms with van der Waals surface area (Å²) in [4.78, 5) is 11.0. The first-order chi connectivity index (χ1) is 4.84. The molecule has 0 aromatic heterocycles. The maximum atomic E-state index is 11.0. The molecular weight excluding hydrogens is 128 g/mol. The van der Waals surface area contributed by atoms with Crippen LogP contribution in [0.5, 0.6) is 0 Å². The minimum absolute atomic E-state index is 0.191. The van der Waals surface area contributed by atoms with Gasteiger partial charge < -0.3 is 11.1 Å². The first kappa shape index (κ1) is 7.54. The highest BCUT2D eigenvalue weighted by Gasteiger charge is 2.20. The van der Waals surface area contributed by atoms with Gasteiger partial charge in [0.25, 0.3) is 0 Å². The highest BCUT2D eigenvalue weighted by molar-refractivity contribution is 5.79. The summed E-state index contributed by atoms with van der Waals surface area (Å²) in [5.41, 5.74) is 5.34. The maximum absolute atomic E-state index is 11.0. The second kappa shape index (κ2) is 3.56. The van der Waals surface area contributed by atoms with E-state index in [4.69, 9.17) is 5.73 Å². The molecule has 1 amide bonds. The van der Waals surface area contributed by atoms with Crippen molar-refractivity contribution in [2.45, 2.75) is 19.3 Å². The molecule has 58 valence electrons. The molecular formula is C7H14N2O. The number of carbonyl (C=O) groups excluding carboxylic acids is 1. The van der Waals surface area contributed by atoms with Crippen molar-refractivity contribution in [1.82, 2.24) is 5.32 Å². The number of piperidine rings is 1. The smallest absolute Gasteiger partial charge is 0.223 e. The predicted octanol–water partition coefficient (Wildman–Crippen LogP) is -0.139. The summed E-state index contributed by atoms with van der Waals surface area (Å²) in [5.74, 6) is 0.385. The van der Waals surface area contributed by atoms with Gasteiger partial charge in [-0.25, -0.2) is 0 Å². The molecule has 1 unspecified atom stereocenters. The SMILES string of the molecule is NCCC1CCCNC1=O. The van der Waals surface area contributed by atoms with Crippen molar-refractivity contribution in [3.63, 3.8) is 0 Å². The molecule has 3 N–H and O–H groups in total. The molecule has 1 heterocycles. The van der Waals surface area contributed by atoms with Gasteiger partial charge in [0.2, 0.25) is 5.91 Å². The van der Waals surface area contributed by atoms with Gasteiger partial charge in [0.1, 0.15) is 0 Å². The summed E-state index contributed by atoms with van der Waals surface area (Å²) in [5, 5.41) is 2.82. The third-order valence-electron chi connectivity index (χ3n) is 1.91. The molecule has 0 aromatic rings. The molecule has 3 heteroatoms. The van der Waals surface area contributed by atoms with Crippen LogP contribution in [-0.4, -0.2) is 19.0 Å². The van der Waals surface area contributed by atoms with Gasteiger partial charge in [-0.15, -0.1) is 0 Å². The van der Waals surface area contributed by atoms with Gasteiger partial charge in [0.05, 0.1) is 0 Å². The molecule has 1 fully saturated rings. The van der Waals surface area contributed by atoms with E-state index in [1.54, 1.807) is 0 Å². The molecule has 0 aromatic carbocycles. The zero-order valence-electron chi connectivity index (χ0n) is 6.10. The van der Waals surface area contributed by atoms with Crippen LogP contribution in [0.25, 0.3) is 0 Å². The molecule has 1 saturated heterocycles. The van der Waals surface area contributed by atoms with Gasteiger partial charge in [-0.2, -0.15) is 0 Å². The summed E-state index contributed by atoms with van der Waals surface area (Å²) < 4.78 is 0. The number of carbonyl (C=O) groups is 1. The Hall–Kier alpha value is -0.570. The van der Waals surface area contributed by atoms with Crippen LogP contribution in [0.4, 0.5) is 0 Å². The Bertz CT molecular complexity index is 123. The van der Waals surface area contributed by atoms with Gasteiger partial charge in [0.15, 0.2) is 0 Å². The largest absolute Gasteiger partial charge is 0.356 e. The van der Waals surface area contributed by atoms with Crippen molar-refractivity contribution >= 4 is 5.91 Å². The molecule has 3 nitrogen and oxygen atoms in total. The fourth-order valence-electron chi connectivity index (χ4n) is 1.31. The van der Waals surface area contributed by atoms with Crippen molar-refractivity contribution in [3.8, 4) is 0 Å². The third-order valence-corrected chi connectivity index (χ3v) is 1.91. The number of rotatable bonds is 2. The van der Waals surface area contributed by atoms with Crippen LogP contribution in [0.2, 0.25) is 0 Å². The first-order valence-corrected chi connectivity index (χ1v) is 3.82. The maximum Gasteiger partial charge on any atom is 0.223 e. The van der Waals surface area contributed by atoms with Crippen LogP contribution >= 0.6 is 0 Å². The highest BCUT2D eigenvalue weighted by atomic mass is 16.1. The van der Waals surface area contributed by atoms with E-state index in [0.29, 0.717) is 6.54 Å². The molecule has 0 spiro atoms. The minimum Gasteiger partial charge on any atom is -0.356 e. The summed E-state index contributed by atoms with van der Waals surface area (Å²) in [6.45, 7) is 1.47. The molecule has 0 radical (unpaired) electrons. The van der Waals surface area contributed by atoms with Gasteiger partial charge in [-0.3, -0.25) is 4.79 Å². The van der Waals surface area contributed by atoms with E-state index in [1.807, 2.05) is 0 Å². The van der Waals surface area contributed by atoms with Gasteiger partial charge >= 0.3 is 0 Å². The lowest BCUT2D eigenvalue weighted by Crippen LogP contribution is -2.37. The van der Waals surface area contributed by atoms with Crippen molar-refractivity contribution in [2.75, 3.05) is 13.1 Å². The summed E-state index contributed by atoms with van der Waals surface area (Å²) in [7, 11) is 0. The van der Waals surface area contributed by atoms with Crippen molar-refractivity contribution < 1.29 is 4.79 Å². The van der Waals surface area contributed by atoms with E-state index in [0.717, 1.165) is 25.8 Å². The number of hydrogen-bond acceptors (Lipinski definition) is 2. The quantitative estimate of drug-likeness (QED) is 0.564. The van der Waals surface area contributed by atoms with Crippen LogP contribution in [-0.2, 0) is 4.79 Å². The Morgan fingerprint density at radius 2 is 2.50 bits per heavy atom. The van der Waals surface area contributed by atoms with Crippen LogP contribution in [0.3, 0.4) is 0 Å². The van der Waals surface area contributed by atoms with Crippen LogP contribution in [0, 0.1) is 5.92 Å². The van der Waals surface area contributed by atoms with E-state index in [-0.39, 0.29) is 11.8 Å². The Morgan fingerprint density at radius 1 is 1.70 bits per heavy atom. The van der Waals surface area contributed by atoms with Crippen LogP contribution in [0.15, 0.2) is 0 Å². The topological polar surface area (TPSA) is 55.1 Å². The standard InChI is InChI=1S/C7H14N2O/c8-4-3-6-2-1-5-9-7(6)10/h6H,1-5,8H2,(H,9,10). The monoisotopic (exact) mass is 142 g/mol. The van der Waals surface area contributed by atoms with E-state index in [1.165, 1.54) is 0 Å². The zero-order chi connectivity index (χ0) is 7.40. The van der Waals surface area contributed by atoms with Gasteiger partial charge in [-0.1, -0.05) is 0 Å². The second-order valence-electron chi connectivity index (χ2n) is 2.71. The molecule has 1 aliphatic rings. The van der Waals surface area contributed by atoms with E-state index in [9.17, 15) is 4.79 Å². The van der Waals surface area contributed by atoms with Crippen molar-refractivity contribution in [1.29, 1.82) is 0 Å². The van der Waals surface area contributed by atoms with Gasteiger partial charge in [0, 0.05) is 12.5 Å². The molecule has 10 heavy (non-hydrogen) atoms. The Labute approximate surface area is 61.0 Å². The molecule has 0 bridgehead atoms. The average molecular weight is 142 g/mol. The number of nitrogens with one attached hydrogen (secondary N) is 1. The van der Waals surface area contributed by atoms with E-state index >= 15 is 0 Å². The number of amides is 1. The minimum atomic E-state index is 0.191. The summed E-state index contributed by atoms with van der Waals surface area (Å²) in [6.07, 6.45) is 2.96. The molecule has 1 rings (SSSR count). The van der Waals surface area contributed by atoms with Crippen molar-refractivity contribution in [2.24, 2.45) is 11.7 Å². The Balaban J connectivity index is 2.32. The van der Waals surface area contributed by atoms with Crippen LogP contribution < -0.4 is 11.1 Å². The average Bonchev–Trinajstić information content (AvgIpc) is 1.94. The highest BCUT2D eigenvalue weighted by Crippen LogP contribution is 2.13. The first-order valence-electron chi connectivity index (χ1n) is 3.82. The fourth-order valence-corrected chi connectivity index (χ4v) is 1.31.